The highest BCUT2D eigenvalue weighted by Crippen LogP contribution is 2.33. The molecule has 4 nitrogen and oxygen atoms in total. The molecule has 1 aliphatic rings. The molecule has 2 aromatic carbocycles. The summed E-state index contributed by atoms with van der Waals surface area (Å²) < 4.78 is 4.46. The van der Waals surface area contributed by atoms with Gasteiger partial charge in [0.2, 0.25) is 11.6 Å². The van der Waals surface area contributed by atoms with Crippen LogP contribution in [0, 0.1) is 11.8 Å². The van der Waals surface area contributed by atoms with Crippen molar-refractivity contribution < 1.29 is 19.1 Å². The number of carbonyl (C=O) groups excluding carboxylic acids is 3. The minimum absolute atomic E-state index is 0.354. The van der Waals surface area contributed by atoms with Crippen LogP contribution < -0.4 is 0 Å². The summed E-state index contributed by atoms with van der Waals surface area (Å²) in [4.78, 5) is 35.3. The van der Waals surface area contributed by atoms with Crippen LogP contribution >= 0.6 is 0 Å². The normalized spacial score (nSPS) is 11.9. The van der Waals surface area contributed by atoms with E-state index in [-0.39, 0.29) is 0 Å². The summed E-state index contributed by atoms with van der Waals surface area (Å²) in [5.74, 6) is 3.35. The summed E-state index contributed by atoms with van der Waals surface area (Å²) in [6.07, 6.45) is 0. The van der Waals surface area contributed by atoms with Crippen LogP contribution in [0.25, 0.3) is 11.1 Å². The summed E-state index contributed by atoms with van der Waals surface area (Å²) in [5.41, 5.74) is 2.66. The zero-order chi connectivity index (χ0) is 15.7. The monoisotopic (exact) mass is 290 g/mol. The Kier molecular flexibility index (Phi) is 3.32. The molecular formula is C18H10O4. The van der Waals surface area contributed by atoms with E-state index in [0.717, 1.165) is 0 Å². The minimum atomic E-state index is -0.635. The van der Waals surface area contributed by atoms with E-state index < -0.39 is 17.5 Å². The number of Topliss-reactive ketones (excluding diaryl/α,β-unsaturated/α-hetero) is 2. The van der Waals surface area contributed by atoms with Gasteiger partial charge in [-0.2, -0.15) is 0 Å². The van der Waals surface area contributed by atoms with E-state index in [1.165, 1.54) is 7.11 Å². The molecule has 0 amide bonds. The molecule has 0 aromatic heterocycles. The average molecular weight is 290 g/mol. The minimum Gasteiger partial charge on any atom is -0.459 e. The lowest BCUT2D eigenvalue weighted by Gasteiger charge is -2.17. The number of ether oxygens (including phenoxy) is 1. The van der Waals surface area contributed by atoms with Crippen LogP contribution in [-0.4, -0.2) is 24.6 Å². The van der Waals surface area contributed by atoms with E-state index in [4.69, 9.17) is 0 Å². The van der Waals surface area contributed by atoms with Gasteiger partial charge in [-0.25, -0.2) is 4.79 Å². The predicted molar refractivity (Wildman–Crippen MR) is 79.4 cm³/mol. The zero-order valence-corrected chi connectivity index (χ0v) is 11.7. The first-order valence-electron chi connectivity index (χ1n) is 6.54. The van der Waals surface area contributed by atoms with Crippen molar-refractivity contribution in [3.05, 3.63) is 59.2 Å². The van der Waals surface area contributed by atoms with Crippen LogP contribution in [0.4, 0.5) is 0 Å². The van der Waals surface area contributed by atoms with Crippen molar-refractivity contribution in [1.29, 1.82) is 0 Å². The molecule has 0 radical (unpaired) electrons. The SMILES string of the molecule is COC(=O)C#Cc1ccc2c(c1)-c1ccccc1C(=O)C2=O. The lowest BCUT2D eigenvalue weighted by Crippen LogP contribution is -2.21. The lowest BCUT2D eigenvalue weighted by molar-refractivity contribution is -0.133. The molecule has 2 aromatic rings. The Labute approximate surface area is 126 Å². The number of hydrogen-bond acceptors (Lipinski definition) is 4. The van der Waals surface area contributed by atoms with Gasteiger partial charge in [-0.1, -0.05) is 30.2 Å². The van der Waals surface area contributed by atoms with Crippen LogP contribution in [0.3, 0.4) is 0 Å². The Morgan fingerprint density at radius 1 is 0.909 bits per heavy atom. The highest BCUT2D eigenvalue weighted by Gasteiger charge is 2.29. The molecule has 0 bridgehead atoms. The number of benzene rings is 2. The van der Waals surface area contributed by atoms with Crippen molar-refractivity contribution in [2.75, 3.05) is 7.11 Å². The number of rotatable bonds is 0. The third kappa shape index (κ3) is 2.19. The second-order valence-corrected chi connectivity index (χ2v) is 4.71. The molecule has 0 spiro atoms. The van der Waals surface area contributed by atoms with Crippen LogP contribution in [0.5, 0.6) is 0 Å². The molecule has 0 unspecified atom stereocenters. The fourth-order valence-corrected chi connectivity index (χ4v) is 2.38. The van der Waals surface area contributed by atoms with Gasteiger partial charge >= 0.3 is 5.97 Å². The molecule has 22 heavy (non-hydrogen) atoms. The molecule has 1 aliphatic carbocycles. The summed E-state index contributed by atoms with van der Waals surface area (Å²) in [7, 11) is 1.25. The number of ketones is 2. The van der Waals surface area contributed by atoms with E-state index in [1.54, 1.807) is 42.5 Å². The van der Waals surface area contributed by atoms with Crippen molar-refractivity contribution >= 4 is 17.5 Å². The second-order valence-electron chi connectivity index (χ2n) is 4.71. The highest BCUT2D eigenvalue weighted by molar-refractivity contribution is 6.53. The van der Waals surface area contributed by atoms with Gasteiger partial charge in [0.1, 0.15) is 0 Å². The number of methoxy groups -OCH3 is 1. The van der Waals surface area contributed by atoms with E-state index in [2.05, 4.69) is 16.6 Å². The molecule has 0 atom stereocenters. The van der Waals surface area contributed by atoms with E-state index in [1.807, 2.05) is 0 Å². The van der Waals surface area contributed by atoms with Gasteiger partial charge in [-0.15, -0.1) is 0 Å². The van der Waals surface area contributed by atoms with Crippen molar-refractivity contribution in [2.24, 2.45) is 0 Å². The summed E-state index contributed by atoms with van der Waals surface area (Å²) in [6, 6.07) is 11.8. The van der Waals surface area contributed by atoms with Gasteiger partial charge in [0.15, 0.2) is 0 Å². The maximum absolute atomic E-state index is 12.1. The Hall–Kier alpha value is -3.19. The molecule has 0 saturated heterocycles. The molecule has 0 saturated carbocycles. The van der Waals surface area contributed by atoms with Gasteiger partial charge < -0.3 is 4.74 Å². The van der Waals surface area contributed by atoms with Gasteiger partial charge in [0.05, 0.1) is 7.11 Å². The Bertz CT molecular complexity index is 881. The lowest BCUT2D eigenvalue weighted by atomic mass is 9.83. The summed E-state index contributed by atoms with van der Waals surface area (Å²) in [6.45, 7) is 0. The predicted octanol–water partition coefficient (Wildman–Crippen LogP) is 2.26. The zero-order valence-electron chi connectivity index (χ0n) is 11.7. The first kappa shape index (κ1) is 13.8. The summed E-state index contributed by atoms with van der Waals surface area (Å²) >= 11 is 0. The first-order valence-corrected chi connectivity index (χ1v) is 6.54. The molecule has 0 N–H and O–H groups in total. The molecule has 0 aliphatic heterocycles. The first-order chi connectivity index (χ1) is 10.6. The summed E-state index contributed by atoms with van der Waals surface area (Å²) in [5, 5.41) is 0. The van der Waals surface area contributed by atoms with Gasteiger partial charge in [-0.05, 0) is 29.3 Å². The van der Waals surface area contributed by atoms with E-state index >= 15 is 0 Å². The number of carbonyl (C=O) groups is 3. The largest absolute Gasteiger partial charge is 0.459 e. The van der Waals surface area contributed by atoms with Gasteiger partial charge in [0, 0.05) is 22.6 Å². The Morgan fingerprint density at radius 3 is 2.23 bits per heavy atom. The van der Waals surface area contributed by atoms with Crippen LogP contribution in [0.15, 0.2) is 42.5 Å². The Balaban J connectivity index is 2.16. The van der Waals surface area contributed by atoms with Crippen LogP contribution in [0.1, 0.15) is 26.3 Å². The Morgan fingerprint density at radius 2 is 1.55 bits per heavy atom. The topological polar surface area (TPSA) is 60.4 Å². The molecule has 106 valence electrons. The van der Waals surface area contributed by atoms with Gasteiger partial charge in [-0.3, -0.25) is 9.59 Å². The highest BCUT2D eigenvalue weighted by atomic mass is 16.5. The third-order valence-corrected chi connectivity index (χ3v) is 3.43. The van der Waals surface area contributed by atoms with Crippen LogP contribution in [0.2, 0.25) is 0 Å². The maximum atomic E-state index is 12.1. The van der Waals surface area contributed by atoms with Crippen molar-refractivity contribution in [3.63, 3.8) is 0 Å². The standard InChI is InChI=1S/C18H10O4/c1-22-16(19)9-7-11-6-8-14-15(10-11)12-4-2-3-5-13(12)17(20)18(14)21/h2-6,8,10H,1H3. The average Bonchev–Trinajstić information content (AvgIpc) is 2.57. The van der Waals surface area contributed by atoms with Crippen molar-refractivity contribution in [2.45, 2.75) is 0 Å². The van der Waals surface area contributed by atoms with Crippen molar-refractivity contribution in [3.8, 4) is 23.0 Å². The molecule has 0 heterocycles. The maximum Gasteiger partial charge on any atom is 0.384 e. The fourth-order valence-electron chi connectivity index (χ4n) is 2.38. The van der Waals surface area contributed by atoms with Gasteiger partial charge in [0.25, 0.3) is 0 Å². The van der Waals surface area contributed by atoms with E-state index in [9.17, 15) is 14.4 Å². The quantitative estimate of drug-likeness (QED) is 0.424. The van der Waals surface area contributed by atoms with Crippen molar-refractivity contribution in [1.82, 2.24) is 0 Å². The molecule has 0 fully saturated rings. The fraction of sp³-hybridized carbons (Fsp3) is 0.0556. The third-order valence-electron chi connectivity index (χ3n) is 3.43. The second kappa shape index (κ2) is 5.30. The number of fused-ring (bicyclic) bond motifs is 3. The van der Waals surface area contributed by atoms with E-state index in [0.29, 0.717) is 27.8 Å². The smallest absolute Gasteiger partial charge is 0.384 e. The number of esters is 1. The number of hydrogen-bond donors (Lipinski definition) is 0. The molecule has 4 heteroatoms. The van der Waals surface area contributed by atoms with Crippen LogP contribution in [-0.2, 0) is 9.53 Å². The molecular weight excluding hydrogens is 280 g/mol. The molecule has 3 rings (SSSR count).